The second kappa shape index (κ2) is 4.56. The predicted octanol–water partition coefficient (Wildman–Crippen LogP) is -0.366. The Hall–Kier alpha value is -1.43. The molecule has 13 heavy (non-hydrogen) atoms. The summed E-state index contributed by atoms with van der Waals surface area (Å²) in [5, 5.41) is 3.53. The molecule has 0 aromatic carbocycles. The molecule has 0 unspecified atom stereocenters. The fourth-order valence-electron chi connectivity index (χ4n) is 0.780. The van der Waals surface area contributed by atoms with Crippen LogP contribution >= 0.6 is 0 Å². The molecule has 0 fully saturated rings. The van der Waals surface area contributed by atoms with E-state index in [2.05, 4.69) is 10.1 Å². The zero-order valence-corrected chi connectivity index (χ0v) is 7.32. The fraction of sp³-hybridized carbons (Fsp3) is 0.571. The molecule has 1 heterocycles. The molecule has 0 saturated heterocycles. The zero-order valence-electron chi connectivity index (χ0n) is 7.32. The topological polar surface area (TPSA) is 91.2 Å². The van der Waals surface area contributed by atoms with E-state index >= 15 is 0 Å². The van der Waals surface area contributed by atoms with Crippen LogP contribution in [0.15, 0.2) is 4.52 Å². The summed E-state index contributed by atoms with van der Waals surface area (Å²) < 4.78 is 9.42. The summed E-state index contributed by atoms with van der Waals surface area (Å²) in [6.07, 6.45) is 0.000833. The first kappa shape index (κ1) is 9.66. The number of carbonyl (C=O) groups excluding carboxylic acids is 1. The first-order valence-electron chi connectivity index (χ1n) is 3.93. The van der Waals surface area contributed by atoms with Crippen LogP contribution in [0.5, 0.6) is 0 Å². The van der Waals surface area contributed by atoms with Crippen LogP contribution in [-0.2, 0) is 22.5 Å². The van der Waals surface area contributed by atoms with Gasteiger partial charge in [0.2, 0.25) is 5.89 Å². The lowest BCUT2D eigenvalue weighted by Crippen LogP contribution is -2.08. The van der Waals surface area contributed by atoms with Gasteiger partial charge >= 0.3 is 5.97 Å². The predicted molar refractivity (Wildman–Crippen MR) is 42.5 cm³/mol. The van der Waals surface area contributed by atoms with E-state index < -0.39 is 0 Å². The smallest absolute Gasteiger partial charge is 0.315 e. The maximum Gasteiger partial charge on any atom is 0.315 e. The van der Waals surface area contributed by atoms with E-state index in [1.165, 1.54) is 0 Å². The number of carbonyl (C=O) groups is 1. The SMILES string of the molecule is CCOC(=O)Cc1nc(CN)no1. The monoisotopic (exact) mass is 185 g/mol. The minimum atomic E-state index is -0.380. The number of rotatable bonds is 4. The zero-order chi connectivity index (χ0) is 9.68. The van der Waals surface area contributed by atoms with Gasteiger partial charge in [-0.15, -0.1) is 0 Å². The molecule has 0 bridgehead atoms. The van der Waals surface area contributed by atoms with E-state index in [-0.39, 0.29) is 24.8 Å². The fourth-order valence-corrected chi connectivity index (χ4v) is 0.780. The molecule has 6 heteroatoms. The Morgan fingerprint density at radius 1 is 1.69 bits per heavy atom. The van der Waals surface area contributed by atoms with Crippen molar-refractivity contribution < 1.29 is 14.1 Å². The Balaban J connectivity index is 2.49. The van der Waals surface area contributed by atoms with E-state index in [1.54, 1.807) is 6.92 Å². The molecule has 1 aromatic rings. The van der Waals surface area contributed by atoms with E-state index in [0.29, 0.717) is 12.4 Å². The molecule has 2 N–H and O–H groups in total. The van der Waals surface area contributed by atoms with Crippen molar-refractivity contribution in [1.82, 2.24) is 10.1 Å². The van der Waals surface area contributed by atoms with Crippen LogP contribution in [0.3, 0.4) is 0 Å². The van der Waals surface area contributed by atoms with Gasteiger partial charge in [-0.05, 0) is 6.92 Å². The highest BCUT2D eigenvalue weighted by atomic mass is 16.5. The highest BCUT2D eigenvalue weighted by Crippen LogP contribution is 1.98. The minimum absolute atomic E-state index is 0.000833. The van der Waals surface area contributed by atoms with Gasteiger partial charge in [-0.1, -0.05) is 5.16 Å². The molecule has 0 saturated carbocycles. The van der Waals surface area contributed by atoms with Crippen LogP contribution in [0.2, 0.25) is 0 Å². The second-order valence-electron chi connectivity index (χ2n) is 2.29. The van der Waals surface area contributed by atoms with Crippen molar-refractivity contribution in [3.05, 3.63) is 11.7 Å². The van der Waals surface area contributed by atoms with Crippen LogP contribution < -0.4 is 5.73 Å². The number of hydrogen-bond donors (Lipinski definition) is 1. The lowest BCUT2D eigenvalue weighted by Gasteiger charge is -1.96. The van der Waals surface area contributed by atoms with Crippen LogP contribution in [0.1, 0.15) is 18.6 Å². The molecule has 0 amide bonds. The van der Waals surface area contributed by atoms with E-state index in [1.807, 2.05) is 0 Å². The second-order valence-corrected chi connectivity index (χ2v) is 2.29. The van der Waals surface area contributed by atoms with Gasteiger partial charge in [-0.25, -0.2) is 0 Å². The Morgan fingerprint density at radius 2 is 2.46 bits per heavy atom. The van der Waals surface area contributed by atoms with Gasteiger partial charge in [0.25, 0.3) is 0 Å². The molecule has 1 rings (SSSR count). The summed E-state index contributed by atoms with van der Waals surface area (Å²) >= 11 is 0. The van der Waals surface area contributed by atoms with Crippen molar-refractivity contribution in [1.29, 1.82) is 0 Å². The maximum atomic E-state index is 10.9. The summed E-state index contributed by atoms with van der Waals surface area (Å²) in [7, 11) is 0. The Kier molecular flexibility index (Phi) is 3.39. The standard InChI is InChI=1S/C7H11N3O3/c1-2-12-7(11)3-6-9-5(4-8)10-13-6/h2-4,8H2,1H3. The summed E-state index contributed by atoms with van der Waals surface area (Å²) in [6.45, 7) is 2.28. The average Bonchev–Trinajstić information content (AvgIpc) is 2.52. The molecule has 0 atom stereocenters. The summed E-state index contributed by atoms with van der Waals surface area (Å²) in [4.78, 5) is 14.8. The molecule has 6 nitrogen and oxygen atoms in total. The summed E-state index contributed by atoms with van der Waals surface area (Å²) in [6, 6.07) is 0. The van der Waals surface area contributed by atoms with Crippen LogP contribution in [0, 0.1) is 0 Å². The Labute approximate surface area is 75.1 Å². The maximum absolute atomic E-state index is 10.9. The van der Waals surface area contributed by atoms with Crippen molar-refractivity contribution in [3.8, 4) is 0 Å². The molecule has 0 aliphatic rings. The molecular weight excluding hydrogens is 174 g/mol. The van der Waals surface area contributed by atoms with E-state index in [0.717, 1.165) is 0 Å². The average molecular weight is 185 g/mol. The number of hydrogen-bond acceptors (Lipinski definition) is 6. The van der Waals surface area contributed by atoms with Crippen molar-refractivity contribution >= 4 is 5.97 Å². The quantitative estimate of drug-likeness (QED) is 0.644. The number of esters is 1. The molecule has 72 valence electrons. The van der Waals surface area contributed by atoms with Gasteiger partial charge in [0.15, 0.2) is 5.82 Å². The third kappa shape index (κ3) is 2.83. The lowest BCUT2D eigenvalue weighted by atomic mass is 10.4. The van der Waals surface area contributed by atoms with Crippen LogP contribution in [-0.4, -0.2) is 22.7 Å². The van der Waals surface area contributed by atoms with E-state index in [9.17, 15) is 4.79 Å². The Bertz CT molecular complexity index is 284. The molecule has 0 radical (unpaired) electrons. The minimum Gasteiger partial charge on any atom is -0.466 e. The number of nitrogens with zero attached hydrogens (tertiary/aromatic N) is 2. The van der Waals surface area contributed by atoms with Gasteiger partial charge in [0, 0.05) is 0 Å². The van der Waals surface area contributed by atoms with Crippen molar-refractivity contribution in [2.75, 3.05) is 6.61 Å². The van der Waals surface area contributed by atoms with Crippen molar-refractivity contribution in [3.63, 3.8) is 0 Å². The van der Waals surface area contributed by atoms with Crippen molar-refractivity contribution in [2.45, 2.75) is 19.9 Å². The molecule has 0 aliphatic carbocycles. The van der Waals surface area contributed by atoms with Gasteiger partial charge < -0.3 is 15.0 Å². The highest BCUT2D eigenvalue weighted by molar-refractivity contribution is 5.71. The molecular formula is C7H11N3O3. The van der Waals surface area contributed by atoms with Gasteiger partial charge in [-0.3, -0.25) is 4.79 Å². The summed E-state index contributed by atoms with van der Waals surface area (Å²) in [5.41, 5.74) is 5.25. The van der Waals surface area contributed by atoms with Gasteiger partial charge in [-0.2, -0.15) is 4.98 Å². The largest absolute Gasteiger partial charge is 0.466 e. The Morgan fingerprint density at radius 3 is 3.00 bits per heavy atom. The van der Waals surface area contributed by atoms with Gasteiger partial charge in [0.05, 0.1) is 13.2 Å². The number of nitrogens with two attached hydrogens (primary N) is 1. The van der Waals surface area contributed by atoms with Crippen LogP contribution in [0.4, 0.5) is 0 Å². The molecule has 0 spiro atoms. The first-order valence-corrected chi connectivity index (χ1v) is 3.93. The first-order chi connectivity index (χ1) is 6.26. The van der Waals surface area contributed by atoms with Gasteiger partial charge in [0.1, 0.15) is 6.42 Å². The molecule has 0 aliphatic heterocycles. The highest BCUT2D eigenvalue weighted by Gasteiger charge is 2.10. The van der Waals surface area contributed by atoms with Crippen LogP contribution in [0.25, 0.3) is 0 Å². The number of aromatic nitrogens is 2. The summed E-state index contributed by atoms with van der Waals surface area (Å²) in [5.74, 6) is 0.243. The molecule has 1 aromatic heterocycles. The third-order valence-electron chi connectivity index (χ3n) is 1.29. The normalized spacial score (nSPS) is 10.0. The lowest BCUT2D eigenvalue weighted by molar-refractivity contribution is -0.142. The third-order valence-corrected chi connectivity index (χ3v) is 1.29. The van der Waals surface area contributed by atoms with E-state index in [4.69, 9.17) is 15.0 Å². The number of ether oxygens (including phenoxy) is 1. The van der Waals surface area contributed by atoms with Crippen molar-refractivity contribution in [2.24, 2.45) is 5.73 Å².